The zero-order valence-electron chi connectivity index (χ0n) is 6.68. The molecular weight excluding hydrogens is 130 g/mol. The van der Waals surface area contributed by atoms with Gasteiger partial charge in [0.2, 0.25) is 0 Å². The van der Waals surface area contributed by atoms with Crippen molar-refractivity contribution in [3.05, 3.63) is 0 Å². The third kappa shape index (κ3) is 3.29. The quantitative estimate of drug-likeness (QED) is 0.351. The van der Waals surface area contributed by atoms with Gasteiger partial charge in [0, 0.05) is 20.1 Å². The van der Waals surface area contributed by atoms with Gasteiger partial charge in [-0.05, 0) is 6.92 Å². The summed E-state index contributed by atoms with van der Waals surface area (Å²) < 4.78 is 0. The third-order valence-corrected chi connectivity index (χ3v) is 1.12. The normalized spacial score (nSPS) is 14.6. The minimum atomic E-state index is 0.0474. The molecular formula is C6H15N3O. The Morgan fingerprint density at radius 1 is 1.70 bits per heavy atom. The first-order chi connectivity index (χ1) is 4.74. The molecule has 0 amide bonds. The van der Waals surface area contributed by atoms with E-state index in [0.29, 0.717) is 5.96 Å². The van der Waals surface area contributed by atoms with Crippen LogP contribution in [0.2, 0.25) is 0 Å². The Morgan fingerprint density at radius 2 is 2.30 bits per heavy atom. The Hall–Kier alpha value is -0.770. The van der Waals surface area contributed by atoms with Crippen molar-refractivity contribution in [3.63, 3.8) is 0 Å². The highest BCUT2D eigenvalue weighted by Crippen LogP contribution is 1.76. The van der Waals surface area contributed by atoms with E-state index in [2.05, 4.69) is 15.6 Å². The Morgan fingerprint density at radius 3 is 2.60 bits per heavy atom. The van der Waals surface area contributed by atoms with Gasteiger partial charge in [0.05, 0.1) is 6.61 Å². The van der Waals surface area contributed by atoms with Crippen molar-refractivity contribution in [2.45, 2.75) is 13.0 Å². The van der Waals surface area contributed by atoms with E-state index in [0.717, 1.165) is 0 Å². The highest BCUT2D eigenvalue weighted by molar-refractivity contribution is 5.79. The van der Waals surface area contributed by atoms with Crippen LogP contribution in [0.3, 0.4) is 0 Å². The van der Waals surface area contributed by atoms with Crippen molar-refractivity contribution in [1.82, 2.24) is 10.6 Å². The molecule has 0 heterocycles. The molecule has 0 aromatic carbocycles. The molecule has 10 heavy (non-hydrogen) atoms. The standard InChI is InChI=1S/C6H15N3O/c1-5(4-10)9-6(7-2)8-3/h5,10H,4H2,1-3H3,(H2,7,8,9)/t5-/m1/s1. The molecule has 0 spiro atoms. The Labute approximate surface area is 61.4 Å². The largest absolute Gasteiger partial charge is 0.394 e. The van der Waals surface area contributed by atoms with Crippen LogP contribution in [0.25, 0.3) is 0 Å². The van der Waals surface area contributed by atoms with Crippen LogP contribution in [-0.4, -0.2) is 37.8 Å². The second-order valence-corrected chi connectivity index (χ2v) is 2.05. The van der Waals surface area contributed by atoms with Gasteiger partial charge in [-0.1, -0.05) is 0 Å². The lowest BCUT2D eigenvalue weighted by molar-refractivity contribution is 0.263. The summed E-state index contributed by atoms with van der Waals surface area (Å²) in [5.74, 6) is 0.696. The molecule has 0 aliphatic carbocycles. The van der Waals surface area contributed by atoms with Gasteiger partial charge >= 0.3 is 0 Å². The first kappa shape index (κ1) is 9.23. The fourth-order valence-corrected chi connectivity index (χ4v) is 0.528. The molecule has 0 aliphatic rings. The summed E-state index contributed by atoms with van der Waals surface area (Å²) in [6.07, 6.45) is 0. The highest BCUT2D eigenvalue weighted by atomic mass is 16.3. The lowest BCUT2D eigenvalue weighted by atomic mass is 10.4. The molecule has 3 N–H and O–H groups in total. The van der Waals surface area contributed by atoms with E-state index in [9.17, 15) is 0 Å². The van der Waals surface area contributed by atoms with Crippen LogP contribution in [0.15, 0.2) is 4.99 Å². The summed E-state index contributed by atoms with van der Waals surface area (Å²) >= 11 is 0. The Bertz CT molecular complexity index is 114. The number of aliphatic hydroxyl groups excluding tert-OH is 1. The second kappa shape index (κ2) is 5.05. The summed E-state index contributed by atoms with van der Waals surface area (Å²) in [6.45, 7) is 1.99. The van der Waals surface area contributed by atoms with Gasteiger partial charge in [0.1, 0.15) is 0 Å². The fourth-order valence-electron chi connectivity index (χ4n) is 0.528. The van der Waals surface area contributed by atoms with Crippen molar-refractivity contribution >= 4 is 5.96 Å². The second-order valence-electron chi connectivity index (χ2n) is 2.05. The lowest BCUT2D eigenvalue weighted by Gasteiger charge is -2.12. The van der Waals surface area contributed by atoms with Crippen LogP contribution in [0.4, 0.5) is 0 Å². The third-order valence-electron chi connectivity index (χ3n) is 1.12. The number of hydrogen-bond acceptors (Lipinski definition) is 2. The molecule has 0 saturated heterocycles. The molecule has 1 atom stereocenters. The van der Waals surface area contributed by atoms with Crippen molar-refractivity contribution in [3.8, 4) is 0 Å². The zero-order valence-corrected chi connectivity index (χ0v) is 6.68. The molecule has 60 valence electrons. The van der Waals surface area contributed by atoms with Crippen LogP contribution >= 0.6 is 0 Å². The zero-order chi connectivity index (χ0) is 7.98. The van der Waals surface area contributed by atoms with Crippen molar-refractivity contribution < 1.29 is 5.11 Å². The summed E-state index contributed by atoms with van der Waals surface area (Å²) in [6, 6.07) is 0.0474. The summed E-state index contributed by atoms with van der Waals surface area (Å²) in [5, 5.41) is 14.4. The number of guanidine groups is 1. The van der Waals surface area contributed by atoms with E-state index in [1.807, 2.05) is 6.92 Å². The van der Waals surface area contributed by atoms with E-state index in [1.165, 1.54) is 0 Å². The average Bonchev–Trinajstić information content (AvgIpc) is 1.99. The van der Waals surface area contributed by atoms with Gasteiger partial charge in [-0.15, -0.1) is 0 Å². The van der Waals surface area contributed by atoms with Crippen molar-refractivity contribution in [1.29, 1.82) is 0 Å². The number of hydrogen-bond donors (Lipinski definition) is 3. The molecule has 0 aromatic rings. The van der Waals surface area contributed by atoms with Gasteiger partial charge in [-0.25, -0.2) is 0 Å². The molecule has 0 saturated carbocycles. The highest BCUT2D eigenvalue weighted by Gasteiger charge is 1.99. The van der Waals surface area contributed by atoms with Crippen LogP contribution in [0, 0.1) is 0 Å². The van der Waals surface area contributed by atoms with Crippen LogP contribution in [0.5, 0.6) is 0 Å². The molecule has 4 heteroatoms. The summed E-state index contributed by atoms with van der Waals surface area (Å²) in [4.78, 5) is 3.88. The van der Waals surface area contributed by atoms with Crippen molar-refractivity contribution in [2.24, 2.45) is 4.99 Å². The molecule has 0 bridgehead atoms. The lowest BCUT2D eigenvalue weighted by Crippen LogP contribution is -2.41. The first-order valence-electron chi connectivity index (χ1n) is 3.26. The summed E-state index contributed by atoms with van der Waals surface area (Å²) in [7, 11) is 3.46. The molecule has 0 unspecified atom stereocenters. The van der Waals surface area contributed by atoms with Gasteiger partial charge in [0.25, 0.3) is 0 Å². The van der Waals surface area contributed by atoms with Gasteiger partial charge in [-0.2, -0.15) is 0 Å². The minimum Gasteiger partial charge on any atom is -0.394 e. The monoisotopic (exact) mass is 145 g/mol. The number of rotatable bonds is 2. The van der Waals surface area contributed by atoms with E-state index in [4.69, 9.17) is 5.11 Å². The van der Waals surface area contributed by atoms with E-state index < -0.39 is 0 Å². The van der Waals surface area contributed by atoms with Gasteiger partial charge in [-0.3, -0.25) is 4.99 Å². The predicted octanol–water partition coefficient (Wildman–Crippen LogP) is -0.838. The van der Waals surface area contributed by atoms with Crippen LogP contribution in [-0.2, 0) is 0 Å². The maximum Gasteiger partial charge on any atom is 0.191 e. The average molecular weight is 145 g/mol. The molecule has 0 rings (SSSR count). The van der Waals surface area contributed by atoms with E-state index >= 15 is 0 Å². The first-order valence-corrected chi connectivity index (χ1v) is 3.26. The molecule has 0 radical (unpaired) electrons. The Balaban J connectivity index is 3.64. The smallest absolute Gasteiger partial charge is 0.191 e. The number of aliphatic imine (C=N–C) groups is 1. The topological polar surface area (TPSA) is 56.7 Å². The number of nitrogens with one attached hydrogen (secondary N) is 2. The van der Waals surface area contributed by atoms with Crippen molar-refractivity contribution in [2.75, 3.05) is 20.7 Å². The minimum absolute atomic E-state index is 0.0474. The number of aliphatic hydroxyl groups is 1. The van der Waals surface area contributed by atoms with E-state index in [1.54, 1.807) is 14.1 Å². The number of nitrogens with zero attached hydrogens (tertiary/aromatic N) is 1. The maximum absolute atomic E-state index is 8.63. The van der Waals surface area contributed by atoms with Gasteiger partial charge in [0.15, 0.2) is 5.96 Å². The van der Waals surface area contributed by atoms with Crippen LogP contribution < -0.4 is 10.6 Å². The van der Waals surface area contributed by atoms with Gasteiger partial charge < -0.3 is 15.7 Å². The molecule has 4 nitrogen and oxygen atoms in total. The molecule has 0 fully saturated rings. The fraction of sp³-hybridized carbons (Fsp3) is 0.833. The maximum atomic E-state index is 8.63. The van der Waals surface area contributed by atoms with E-state index in [-0.39, 0.29) is 12.6 Å². The molecule has 0 aliphatic heterocycles. The predicted molar refractivity (Wildman–Crippen MR) is 42.1 cm³/mol. The summed E-state index contributed by atoms with van der Waals surface area (Å²) in [5.41, 5.74) is 0. The SMILES string of the molecule is C/N=C(\NC)N[C@H](C)CO. The van der Waals surface area contributed by atoms with Crippen LogP contribution in [0.1, 0.15) is 6.92 Å². The Kier molecular flexibility index (Phi) is 4.66. The molecule has 0 aromatic heterocycles.